The number of aliphatic hydroxyl groups is 1. The largest absolute Gasteiger partial charge is 0.507 e. The average molecular weight is 481 g/mol. The minimum atomic E-state index is -0.785. The van der Waals surface area contributed by atoms with Gasteiger partial charge in [0.1, 0.15) is 11.5 Å². The summed E-state index contributed by atoms with van der Waals surface area (Å²) in [7, 11) is 0. The Morgan fingerprint density at radius 2 is 2.09 bits per heavy atom. The zero-order valence-electron chi connectivity index (χ0n) is 18.7. The summed E-state index contributed by atoms with van der Waals surface area (Å²) in [6.07, 6.45) is 3.35. The fourth-order valence-electron chi connectivity index (χ4n) is 4.81. The van der Waals surface area contributed by atoms with E-state index in [-0.39, 0.29) is 34.6 Å². The van der Waals surface area contributed by atoms with E-state index in [1.54, 1.807) is 24.4 Å². The van der Waals surface area contributed by atoms with Crippen molar-refractivity contribution in [2.45, 2.75) is 31.9 Å². The molecule has 176 valence electrons. The molecule has 2 N–H and O–H groups in total. The Kier molecular flexibility index (Phi) is 6.06. The molecule has 0 spiro atoms. The third-order valence-corrected chi connectivity index (χ3v) is 6.71. The van der Waals surface area contributed by atoms with E-state index in [0.29, 0.717) is 19.0 Å². The number of aromatic amines is 1. The molecule has 5 rings (SSSR count). The summed E-state index contributed by atoms with van der Waals surface area (Å²) >= 11 is 6.41. The number of rotatable bonds is 6. The van der Waals surface area contributed by atoms with Crippen molar-refractivity contribution in [2.75, 3.05) is 19.8 Å². The van der Waals surface area contributed by atoms with Gasteiger partial charge in [0.25, 0.3) is 11.7 Å². The fourth-order valence-corrected chi connectivity index (χ4v) is 5.01. The third-order valence-electron chi connectivity index (χ3n) is 6.38. The maximum atomic E-state index is 13.3. The normalized spacial score (nSPS) is 22.1. The topological polar surface area (TPSA) is 91.9 Å². The molecule has 2 unspecified atom stereocenters. The summed E-state index contributed by atoms with van der Waals surface area (Å²) in [6, 6.07) is 11.7. The SMILES string of the molecule is CCOc1ccc(Cl)c(/C(O)=C2\C(=O)C(=O)N(CC3CCCO3)C2c2c[nH]c3ccccc23)c1. The molecule has 2 atom stereocenters. The number of fused-ring (bicyclic) bond motifs is 1. The van der Waals surface area contributed by atoms with Crippen LogP contribution in [0.15, 0.2) is 54.2 Å². The van der Waals surface area contributed by atoms with Crippen molar-refractivity contribution >= 4 is 40.0 Å². The zero-order chi connectivity index (χ0) is 23.8. The van der Waals surface area contributed by atoms with E-state index in [2.05, 4.69) is 4.98 Å². The van der Waals surface area contributed by atoms with Gasteiger partial charge < -0.3 is 24.5 Å². The van der Waals surface area contributed by atoms with E-state index in [1.807, 2.05) is 31.2 Å². The first kappa shape index (κ1) is 22.5. The number of ether oxygens (including phenoxy) is 2. The molecular formula is C26H25ClN2O5. The molecule has 3 aromatic rings. The molecular weight excluding hydrogens is 456 g/mol. The second-order valence-electron chi connectivity index (χ2n) is 8.45. The number of carbonyl (C=O) groups excluding carboxylic acids is 2. The quantitative estimate of drug-likeness (QED) is 0.300. The van der Waals surface area contributed by atoms with Gasteiger partial charge >= 0.3 is 0 Å². The lowest BCUT2D eigenvalue weighted by atomic mass is 9.94. The lowest BCUT2D eigenvalue weighted by molar-refractivity contribution is -0.140. The molecule has 0 radical (unpaired) electrons. The number of para-hydroxylation sites is 1. The number of aromatic nitrogens is 1. The number of amides is 1. The number of H-pyrrole nitrogens is 1. The Balaban J connectivity index is 1.68. The smallest absolute Gasteiger partial charge is 0.295 e. The first-order valence-electron chi connectivity index (χ1n) is 11.4. The second-order valence-corrected chi connectivity index (χ2v) is 8.86. The highest BCUT2D eigenvalue weighted by Gasteiger charge is 2.48. The molecule has 1 amide bonds. The fraction of sp³-hybridized carbons (Fsp3) is 0.308. The summed E-state index contributed by atoms with van der Waals surface area (Å²) in [4.78, 5) is 31.3. The molecule has 0 saturated carbocycles. The van der Waals surface area contributed by atoms with Crippen LogP contribution in [-0.4, -0.2) is 52.5 Å². The van der Waals surface area contributed by atoms with Gasteiger partial charge in [-0.05, 0) is 44.0 Å². The molecule has 7 nitrogen and oxygen atoms in total. The van der Waals surface area contributed by atoms with Crippen molar-refractivity contribution in [1.29, 1.82) is 0 Å². The first-order valence-corrected chi connectivity index (χ1v) is 11.8. The van der Waals surface area contributed by atoms with Crippen LogP contribution in [0.3, 0.4) is 0 Å². The van der Waals surface area contributed by atoms with Crippen molar-refractivity contribution in [3.05, 3.63) is 70.4 Å². The maximum Gasteiger partial charge on any atom is 0.295 e. The van der Waals surface area contributed by atoms with Gasteiger partial charge in [0.2, 0.25) is 0 Å². The van der Waals surface area contributed by atoms with Crippen molar-refractivity contribution in [3.63, 3.8) is 0 Å². The van der Waals surface area contributed by atoms with Crippen molar-refractivity contribution in [1.82, 2.24) is 9.88 Å². The highest BCUT2D eigenvalue weighted by molar-refractivity contribution is 6.47. The van der Waals surface area contributed by atoms with Gasteiger partial charge in [0, 0.05) is 41.4 Å². The van der Waals surface area contributed by atoms with E-state index in [1.165, 1.54) is 4.90 Å². The molecule has 2 aromatic carbocycles. The van der Waals surface area contributed by atoms with Crippen LogP contribution in [0, 0.1) is 0 Å². The molecule has 0 bridgehead atoms. The molecule has 34 heavy (non-hydrogen) atoms. The number of Topliss-reactive ketones (excluding diaryl/α,β-unsaturated/α-hetero) is 1. The summed E-state index contributed by atoms with van der Waals surface area (Å²) in [5.41, 5.74) is 1.85. The van der Waals surface area contributed by atoms with Gasteiger partial charge in [-0.3, -0.25) is 9.59 Å². The third kappa shape index (κ3) is 3.85. The van der Waals surface area contributed by atoms with Crippen LogP contribution in [0.25, 0.3) is 16.7 Å². The highest BCUT2D eigenvalue weighted by atomic mass is 35.5. The van der Waals surface area contributed by atoms with E-state index < -0.39 is 17.7 Å². The number of hydrogen-bond acceptors (Lipinski definition) is 5. The van der Waals surface area contributed by atoms with Crippen LogP contribution in [-0.2, 0) is 14.3 Å². The molecule has 2 aliphatic rings. The number of nitrogens with one attached hydrogen (secondary N) is 1. The molecule has 3 heterocycles. The predicted octanol–water partition coefficient (Wildman–Crippen LogP) is 4.82. The van der Waals surface area contributed by atoms with Gasteiger partial charge in [0.15, 0.2) is 0 Å². The number of nitrogens with zero attached hydrogens (tertiary/aromatic N) is 1. The Bertz CT molecular complexity index is 1290. The van der Waals surface area contributed by atoms with Crippen LogP contribution in [0.1, 0.15) is 36.9 Å². The number of aliphatic hydroxyl groups excluding tert-OH is 1. The standard InChI is InChI=1S/C26H25ClN2O5/c1-2-33-15-9-10-20(27)18(12-15)24(30)22-23(19-13-28-21-8-4-3-7-17(19)21)29(26(32)25(22)31)14-16-6-5-11-34-16/h3-4,7-10,12-13,16,23,28,30H,2,5-6,11,14H2,1H3/b24-22+. The number of halogens is 1. The number of ketones is 1. The summed E-state index contributed by atoms with van der Waals surface area (Å²) in [6.45, 7) is 3.18. The van der Waals surface area contributed by atoms with Crippen LogP contribution in [0.5, 0.6) is 5.75 Å². The number of carbonyl (C=O) groups is 2. The minimum absolute atomic E-state index is 0.00305. The number of likely N-dealkylation sites (tertiary alicyclic amines) is 1. The van der Waals surface area contributed by atoms with E-state index >= 15 is 0 Å². The Morgan fingerprint density at radius 1 is 1.26 bits per heavy atom. The molecule has 1 aromatic heterocycles. The van der Waals surface area contributed by atoms with Crippen LogP contribution < -0.4 is 4.74 Å². The predicted molar refractivity (Wildman–Crippen MR) is 129 cm³/mol. The van der Waals surface area contributed by atoms with Crippen molar-refractivity contribution in [3.8, 4) is 5.75 Å². The van der Waals surface area contributed by atoms with Crippen LogP contribution in [0.2, 0.25) is 5.02 Å². The highest BCUT2D eigenvalue weighted by Crippen LogP contribution is 2.43. The number of benzene rings is 2. The Labute approximate surface area is 201 Å². The first-order chi connectivity index (χ1) is 16.5. The maximum absolute atomic E-state index is 13.3. The molecule has 2 saturated heterocycles. The summed E-state index contributed by atoms with van der Waals surface area (Å²) < 4.78 is 11.3. The second kappa shape index (κ2) is 9.16. The van der Waals surface area contributed by atoms with E-state index in [0.717, 1.165) is 29.3 Å². The van der Waals surface area contributed by atoms with Gasteiger partial charge in [0.05, 0.1) is 29.3 Å². The molecule has 0 aliphatic carbocycles. The van der Waals surface area contributed by atoms with Crippen molar-refractivity contribution in [2.24, 2.45) is 0 Å². The lowest BCUT2D eigenvalue weighted by Crippen LogP contribution is -2.36. The minimum Gasteiger partial charge on any atom is -0.507 e. The Morgan fingerprint density at radius 3 is 2.85 bits per heavy atom. The van der Waals surface area contributed by atoms with Crippen molar-refractivity contribution < 1.29 is 24.2 Å². The number of hydrogen-bond donors (Lipinski definition) is 2. The molecule has 2 aliphatic heterocycles. The summed E-state index contributed by atoms with van der Waals surface area (Å²) in [5, 5.41) is 12.5. The van der Waals surface area contributed by atoms with E-state index in [9.17, 15) is 14.7 Å². The van der Waals surface area contributed by atoms with E-state index in [4.69, 9.17) is 21.1 Å². The molecule has 8 heteroatoms. The zero-order valence-corrected chi connectivity index (χ0v) is 19.5. The monoisotopic (exact) mass is 480 g/mol. The van der Waals surface area contributed by atoms with Gasteiger partial charge in [-0.25, -0.2) is 0 Å². The van der Waals surface area contributed by atoms with Crippen LogP contribution >= 0.6 is 11.6 Å². The lowest BCUT2D eigenvalue weighted by Gasteiger charge is -2.27. The van der Waals surface area contributed by atoms with Gasteiger partial charge in [-0.2, -0.15) is 0 Å². The van der Waals surface area contributed by atoms with Gasteiger partial charge in [-0.1, -0.05) is 29.8 Å². The van der Waals surface area contributed by atoms with Gasteiger partial charge in [-0.15, -0.1) is 0 Å². The van der Waals surface area contributed by atoms with Crippen LogP contribution in [0.4, 0.5) is 0 Å². The summed E-state index contributed by atoms with van der Waals surface area (Å²) in [5.74, 6) is -1.23. The Hall–Kier alpha value is -3.29. The average Bonchev–Trinajstić information content (AvgIpc) is 3.56. The molecule has 2 fully saturated rings.